The lowest BCUT2D eigenvalue weighted by Crippen LogP contribution is -2.39. The second-order valence-electron chi connectivity index (χ2n) is 8.75. The van der Waals surface area contributed by atoms with Gasteiger partial charge in [-0.05, 0) is 54.1 Å². The lowest BCUT2D eigenvalue weighted by Gasteiger charge is -2.22. The van der Waals surface area contributed by atoms with Crippen molar-refractivity contribution in [2.45, 2.75) is 0 Å². The Labute approximate surface area is 221 Å². The quantitative estimate of drug-likeness (QED) is 0.312. The molecule has 196 valence electrons. The van der Waals surface area contributed by atoms with Crippen LogP contribution in [0.3, 0.4) is 0 Å². The molecule has 0 bridgehead atoms. The van der Waals surface area contributed by atoms with E-state index in [1.807, 2.05) is 30.3 Å². The summed E-state index contributed by atoms with van der Waals surface area (Å²) in [6.45, 7) is 0.146. The van der Waals surface area contributed by atoms with Crippen LogP contribution in [-0.4, -0.2) is 35.1 Å². The number of hydrogen-bond acceptors (Lipinski definition) is 4. The van der Waals surface area contributed by atoms with Crippen molar-refractivity contribution in [1.82, 2.24) is 15.0 Å². The first-order valence-corrected chi connectivity index (χ1v) is 12.0. The van der Waals surface area contributed by atoms with Crippen molar-refractivity contribution < 1.29 is 18.4 Å². The van der Waals surface area contributed by atoms with Crippen molar-refractivity contribution in [1.29, 1.82) is 0 Å². The molecule has 4 aromatic rings. The SMILES string of the molecule is CN(c1ccc(F)c(F)c1)n1cccc(C(=O)NC/C=C/c2ccc3c(c2)NC(=O)/C3=C\c2ccc[nH]2)c1=O. The predicted molar refractivity (Wildman–Crippen MR) is 146 cm³/mol. The fraction of sp³-hybridized carbons (Fsp3) is 0.0690. The number of halogens is 2. The van der Waals surface area contributed by atoms with E-state index >= 15 is 0 Å². The van der Waals surface area contributed by atoms with Gasteiger partial charge in [-0.3, -0.25) is 19.4 Å². The summed E-state index contributed by atoms with van der Waals surface area (Å²) in [5.41, 5.74) is 3.21. The average molecular weight is 528 g/mol. The normalized spacial score (nSPS) is 13.5. The molecule has 0 fully saturated rings. The number of amides is 2. The van der Waals surface area contributed by atoms with Crippen LogP contribution in [0, 0.1) is 11.6 Å². The first-order valence-electron chi connectivity index (χ1n) is 12.0. The molecular formula is C29H23F2N5O3. The standard InChI is InChI=1S/C29H23F2N5O3/c1-35(20-9-11-24(30)25(31)17-20)36-14-4-7-22(29(36)39)27(37)33-13-2-5-18-8-10-21-23(16-19-6-3-12-32-19)28(38)34-26(21)15-18/h2-12,14-17,32H,13H2,1H3,(H,33,37)(H,34,38)/b5-2+,23-16-. The van der Waals surface area contributed by atoms with Gasteiger partial charge in [-0.2, -0.15) is 0 Å². The fourth-order valence-electron chi connectivity index (χ4n) is 4.19. The molecular weight excluding hydrogens is 504 g/mol. The molecule has 3 N–H and O–H groups in total. The maximum absolute atomic E-state index is 13.6. The summed E-state index contributed by atoms with van der Waals surface area (Å²) >= 11 is 0. The van der Waals surface area contributed by atoms with E-state index in [1.165, 1.54) is 36.5 Å². The zero-order chi connectivity index (χ0) is 27.5. The molecule has 2 amide bonds. The van der Waals surface area contributed by atoms with Gasteiger partial charge in [0.15, 0.2) is 11.6 Å². The lowest BCUT2D eigenvalue weighted by atomic mass is 10.0. The Kier molecular flexibility index (Phi) is 6.92. The molecule has 0 radical (unpaired) electrons. The van der Waals surface area contributed by atoms with Crippen molar-refractivity contribution in [3.05, 3.63) is 124 Å². The van der Waals surface area contributed by atoms with Crippen LogP contribution in [0.1, 0.15) is 27.2 Å². The summed E-state index contributed by atoms with van der Waals surface area (Å²) in [6.07, 6.45) is 8.51. The molecule has 0 saturated heterocycles. The summed E-state index contributed by atoms with van der Waals surface area (Å²) in [5.74, 6) is -2.82. The monoisotopic (exact) mass is 527 g/mol. The fourth-order valence-corrected chi connectivity index (χ4v) is 4.19. The van der Waals surface area contributed by atoms with Crippen LogP contribution in [0.25, 0.3) is 17.7 Å². The van der Waals surface area contributed by atoms with E-state index in [4.69, 9.17) is 0 Å². The molecule has 8 nitrogen and oxygen atoms in total. The Morgan fingerprint density at radius 2 is 1.90 bits per heavy atom. The highest BCUT2D eigenvalue weighted by atomic mass is 19.2. The third-order valence-electron chi connectivity index (χ3n) is 6.21. The van der Waals surface area contributed by atoms with E-state index in [0.29, 0.717) is 11.3 Å². The number of rotatable bonds is 7. The first-order chi connectivity index (χ1) is 18.8. The summed E-state index contributed by atoms with van der Waals surface area (Å²) in [4.78, 5) is 41.1. The first kappa shape index (κ1) is 25.4. The van der Waals surface area contributed by atoms with Crippen molar-refractivity contribution in [3.8, 4) is 0 Å². The number of carbonyl (C=O) groups excluding carboxylic acids is 2. The zero-order valence-electron chi connectivity index (χ0n) is 20.7. The minimum Gasteiger partial charge on any atom is -0.362 e. The molecule has 5 rings (SSSR count). The predicted octanol–water partition coefficient (Wildman–Crippen LogP) is 4.29. The van der Waals surface area contributed by atoms with E-state index in [1.54, 1.807) is 24.4 Å². The molecule has 0 saturated carbocycles. The molecule has 0 aliphatic carbocycles. The van der Waals surface area contributed by atoms with Crippen LogP contribution in [0.4, 0.5) is 20.2 Å². The number of fused-ring (bicyclic) bond motifs is 1. The molecule has 1 aliphatic rings. The molecule has 0 spiro atoms. The number of carbonyl (C=O) groups is 2. The minimum atomic E-state index is -1.05. The van der Waals surface area contributed by atoms with Crippen LogP contribution in [0.5, 0.6) is 0 Å². The van der Waals surface area contributed by atoms with Gasteiger partial charge in [-0.25, -0.2) is 13.5 Å². The maximum Gasteiger partial charge on any atom is 0.282 e. The Hall–Kier alpha value is -5.25. The summed E-state index contributed by atoms with van der Waals surface area (Å²) in [6, 6.07) is 15.4. The van der Waals surface area contributed by atoms with Gasteiger partial charge in [0.25, 0.3) is 17.4 Å². The highest BCUT2D eigenvalue weighted by molar-refractivity contribution is 6.34. The maximum atomic E-state index is 13.6. The molecule has 0 unspecified atom stereocenters. The molecule has 0 atom stereocenters. The number of nitrogens with zero attached hydrogens (tertiary/aromatic N) is 2. The topological polar surface area (TPSA) is 99.2 Å². The van der Waals surface area contributed by atoms with Gasteiger partial charge in [-0.1, -0.05) is 24.3 Å². The molecule has 2 aromatic carbocycles. The molecule has 2 aromatic heterocycles. The van der Waals surface area contributed by atoms with Gasteiger partial charge in [0.2, 0.25) is 0 Å². The molecule has 3 heterocycles. The smallest absolute Gasteiger partial charge is 0.282 e. The molecule has 1 aliphatic heterocycles. The van der Waals surface area contributed by atoms with Gasteiger partial charge in [0.1, 0.15) is 5.56 Å². The van der Waals surface area contributed by atoms with Crippen LogP contribution >= 0.6 is 0 Å². The second-order valence-corrected chi connectivity index (χ2v) is 8.75. The van der Waals surface area contributed by atoms with Crippen LogP contribution in [0.2, 0.25) is 0 Å². The Balaban J connectivity index is 1.24. The summed E-state index contributed by atoms with van der Waals surface area (Å²) < 4.78 is 28.1. The number of anilines is 2. The number of aromatic amines is 1. The van der Waals surface area contributed by atoms with Gasteiger partial charge < -0.3 is 15.6 Å². The van der Waals surface area contributed by atoms with Crippen LogP contribution in [0.15, 0.2) is 83.9 Å². The molecule has 39 heavy (non-hydrogen) atoms. The summed E-state index contributed by atoms with van der Waals surface area (Å²) in [7, 11) is 1.50. The lowest BCUT2D eigenvalue weighted by molar-refractivity contribution is -0.110. The number of benzene rings is 2. The largest absolute Gasteiger partial charge is 0.362 e. The van der Waals surface area contributed by atoms with Crippen molar-refractivity contribution in [2.75, 3.05) is 23.9 Å². The van der Waals surface area contributed by atoms with Gasteiger partial charge in [0.05, 0.1) is 11.3 Å². The number of H-pyrrole nitrogens is 1. The van der Waals surface area contributed by atoms with Crippen molar-refractivity contribution >= 4 is 40.9 Å². The van der Waals surface area contributed by atoms with Gasteiger partial charge in [0, 0.05) is 49.0 Å². The zero-order valence-corrected chi connectivity index (χ0v) is 20.7. The van der Waals surface area contributed by atoms with Crippen molar-refractivity contribution in [2.24, 2.45) is 0 Å². The number of pyridine rings is 1. The van der Waals surface area contributed by atoms with E-state index in [-0.39, 0.29) is 23.7 Å². The van der Waals surface area contributed by atoms with E-state index in [0.717, 1.165) is 33.6 Å². The van der Waals surface area contributed by atoms with Crippen LogP contribution in [-0.2, 0) is 4.79 Å². The third kappa shape index (κ3) is 5.26. The second kappa shape index (κ2) is 10.6. The van der Waals surface area contributed by atoms with E-state index in [9.17, 15) is 23.2 Å². The minimum absolute atomic E-state index is 0.109. The highest BCUT2D eigenvalue weighted by Gasteiger charge is 2.24. The Morgan fingerprint density at radius 1 is 1.05 bits per heavy atom. The van der Waals surface area contributed by atoms with Gasteiger partial charge in [-0.15, -0.1) is 0 Å². The Morgan fingerprint density at radius 3 is 2.67 bits per heavy atom. The molecule has 10 heteroatoms. The van der Waals surface area contributed by atoms with E-state index in [2.05, 4.69) is 15.6 Å². The Bertz CT molecular complexity index is 1690. The highest BCUT2D eigenvalue weighted by Crippen LogP contribution is 2.33. The number of aromatic nitrogens is 2. The van der Waals surface area contributed by atoms with Crippen molar-refractivity contribution in [3.63, 3.8) is 0 Å². The summed E-state index contributed by atoms with van der Waals surface area (Å²) in [5, 5.41) is 6.85. The van der Waals surface area contributed by atoms with Gasteiger partial charge >= 0.3 is 0 Å². The van der Waals surface area contributed by atoms with Crippen LogP contribution < -0.4 is 21.2 Å². The number of hydrogen-bond donors (Lipinski definition) is 3. The van der Waals surface area contributed by atoms with E-state index < -0.39 is 23.1 Å². The number of nitrogens with one attached hydrogen (secondary N) is 3. The third-order valence-corrected chi connectivity index (χ3v) is 6.21. The average Bonchev–Trinajstić information content (AvgIpc) is 3.55.